The highest BCUT2D eigenvalue weighted by atomic mass is 15.4. The van der Waals surface area contributed by atoms with E-state index in [9.17, 15) is 0 Å². The Bertz CT molecular complexity index is 1320. The van der Waals surface area contributed by atoms with E-state index in [0.29, 0.717) is 0 Å². The van der Waals surface area contributed by atoms with E-state index in [1.807, 2.05) is 0 Å². The average molecular weight is 546 g/mol. The van der Waals surface area contributed by atoms with Gasteiger partial charge in [0.1, 0.15) is 5.82 Å². The summed E-state index contributed by atoms with van der Waals surface area (Å²) in [6, 6.07) is 30.6. The Kier molecular flexibility index (Phi) is 9.03. The van der Waals surface area contributed by atoms with Crippen LogP contribution in [0, 0.1) is 18.3 Å². The number of para-hydroxylation sites is 1. The van der Waals surface area contributed by atoms with E-state index in [0.717, 1.165) is 57.3 Å². The van der Waals surface area contributed by atoms with Crippen LogP contribution in [0.4, 0.5) is 5.69 Å². The molecule has 0 bridgehead atoms. The third kappa shape index (κ3) is 7.33. The van der Waals surface area contributed by atoms with E-state index >= 15 is 0 Å². The first-order chi connectivity index (χ1) is 19.8. The van der Waals surface area contributed by atoms with Gasteiger partial charge in [0.05, 0.1) is 0 Å². The smallest absolute Gasteiger partial charge is 0.101 e. The molecule has 0 N–H and O–H groups in total. The van der Waals surface area contributed by atoms with Crippen LogP contribution < -0.4 is 4.90 Å². The van der Waals surface area contributed by atoms with E-state index in [1.54, 1.807) is 0 Å². The molecule has 0 saturated carbocycles. The standard InChI is InChI=1S/C38H47N3/c1-30(2)25-38(26-32(4)39-22-20-35(21-23-39)24-34-12-8-6-9-13-34)28-40(27-36-18-16-31(3)17-19-36)33(5)41(29-38)37-14-10-7-11-15-37/h6-19,35H,1,4-5,20-29H2,2-3H3. The van der Waals surface area contributed by atoms with Gasteiger partial charge in [-0.2, -0.15) is 0 Å². The fourth-order valence-corrected chi connectivity index (χ4v) is 6.92. The molecule has 3 aromatic rings. The summed E-state index contributed by atoms with van der Waals surface area (Å²) in [5.74, 6) is 1.82. The lowest BCUT2D eigenvalue weighted by atomic mass is 9.75. The molecule has 3 aromatic carbocycles. The summed E-state index contributed by atoms with van der Waals surface area (Å²) in [4.78, 5) is 7.49. The first kappa shape index (κ1) is 28.8. The molecule has 41 heavy (non-hydrogen) atoms. The second-order valence-electron chi connectivity index (χ2n) is 12.7. The summed E-state index contributed by atoms with van der Waals surface area (Å²) >= 11 is 0. The van der Waals surface area contributed by atoms with Crippen molar-refractivity contribution >= 4 is 5.69 Å². The van der Waals surface area contributed by atoms with Crippen LogP contribution in [0.5, 0.6) is 0 Å². The van der Waals surface area contributed by atoms with Gasteiger partial charge in [0, 0.05) is 49.5 Å². The maximum atomic E-state index is 4.71. The first-order valence-corrected chi connectivity index (χ1v) is 15.2. The lowest BCUT2D eigenvalue weighted by Gasteiger charge is -2.52. The Morgan fingerprint density at radius 3 is 2.07 bits per heavy atom. The van der Waals surface area contributed by atoms with Gasteiger partial charge in [-0.15, -0.1) is 6.58 Å². The molecule has 0 radical (unpaired) electrons. The van der Waals surface area contributed by atoms with Crippen molar-refractivity contribution in [1.29, 1.82) is 0 Å². The van der Waals surface area contributed by atoms with E-state index in [-0.39, 0.29) is 5.41 Å². The number of nitrogens with zero attached hydrogens (tertiary/aromatic N) is 3. The van der Waals surface area contributed by atoms with Crippen LogP contribution in [0.15, 0.2) is 122 Å². The number of anilines is 1. The summed E-state index contributed by atoms with van der Waals surface area (Å²) in [6.45, 7) is 23.0. The third-order valence-electron chi connectivity index (χ3n) is 8.94. The molecule has 214 valence electrons. The van der Waals surface area contributed by atoms with Crippen molar-refractivity contribution in [3.8, 4) is 0 Å². The molecule has 2 aliphatic heterocycles. The summed E-state index contributed by atoms with van der Waals surface area (Å²) in [7, 11) is 0. The van der Waals surface area contributed by atoms with Gasteiger partial charge >= 0.3 is 0 Å². The molecule has 2 aliphatic rings. The van der Waals surface area contributed by atoms with Gasteiger partial charge < -0.3 is 14.7 Å². The summed E-state index contributed by atoms with van der Waals surface area (Å²) in [5.41, 5.74) is 7.76. The van der Waals surface area contributed by atoms with Gasteiger partial charge in [0.25, 0.3) is 0 Å². The molecule has 3 heteroatoms. The zero-order valence-electron chi connectivity index (χ0n) is 25.2. The van der Waals surface area contributed by atoms with Gasteiger partial charge in [-0.05, 0) is 75.1 Å². The van der Waals surface area contributed by atoms with Crippen molar-refractivity contribution in [1.82, 2.24) is 9.80 Å². The zero-order valence-corrected chi connectivity index (χ0v) is 25.2. The maximum Gasteiger partial charge on any atom is 0.101 e. The van der Waals surface area contributed by atoms with E-state index < -0.39 is 0 Å². The zero-order chi connectivity index (χ0) is 28.8. The van der Waals surface area contributed by atoms with Crippen LogP contribution >= 0.6 is 0 Å². The molecule has 0 amide bonds. The predicted octanol–water partition coefficient (Wildman–Crippen LogP) is 8.60. The molecule has 5 rings (SSSR count). The van der Waals surface area contributed by atoms with Crippen molar-refractivity contribution < 1.29 is 0 Å². The van der Waals surface area contributed by atoms with E-state index in [4.69, 9.17) is 6.58 Å². The second kappa shape index (κ2) is 12.9. The number of piperidine rings is 1. The van der Waals surface area contributed by atoms with Gasteiger partial charge in [0.2, 0.25) is 0 Å². The van der Waals surface area contributed by atoms with Crippen LogP contribution in [-0.2, 0) is 13.0 Å². The van der Waals surface area contributed by atoms with Gasteiger partial charge in [0.15, 0.2) is 0 Å². The average Bonchev–Trinajstić information content (AvgIpc) is 2.97. The minimum absolute atomic E-state index is 0.00840. The van der Waals surface area contributed by atoms with Crippen molar-refractivity contribution in [2.24, 2.45) is 11.3 Å². The molecular weight excluding hydrogens is 498 g/mol. The number of hydrogen-bond acceptors (Lipinski definition) is 3. The lowest BCUT2D eigenvalue weighted by Crippen LogP contribution is -2.54. The van der Waals surface area contributed by atoms with Gasteiger partial charge in [-0.25, -0.2) is 0 Å². The van der Waals surface area contributed by atoms with Crippen molar-refractivity contribution in [3.05, 3.63) is 138 Å². The van der Waals surface area contributed by atoms with E-state index in [2.05, 4.69) is 127 Å². The van der Waals surface area contributed by atoms with E-state index in [1.165, 1.54) is 52.9 Å². The minimum Gasteiger partial charge on any atom is -0.375 e. The molecule has 1 atom stereocenters. The Morgan fingerprint density at radius 1 is 0.805 bits per heavy atom. The number of benzene rings is 3. The molecule has 2 fully saturated rings. The highest BCUT2D eigenvalue weighted by Gasteiger charge is 2.42. The van der Waals surface area contributed by atoms with Gasteiger partial charge in [-0.1, -0.05) is 97.1 Å². The minimum atomic E-state index is -0.00840. The SMILES string of the molecule is C=C(C)CC1(CC(=C)N2CCC(Cc3ccccc3)CC2)CN(Cc2ccc(C)cc2)C(=C)N(c2ccccc2)C1. The van der Waals surface area contributed by atoms with Crippen LogP contribution in [0.2, 0.25) is 0 Å². The number of aryl methyl sites for hydroxylation is 1. The maximum absolute atomic E-state index is 4.71. The molecule has 0 spiro atoms. The Balaban J connectivity index is 1.35. The molecule has 3 nitrogen and oxygen atoms in total. The fourth-order valence-electron chi connectivity index (χ4n) is 6.92. The lowest BCUT2D eigenvalue weighted by molar-refractivity contribution is 0.122. The van der Waals surface area contributed by atoms with Crippen molar-refractivity contribution in [2.75, 3.05) is 31.1 Å². The predicted molar refractivity (Wildman–Crippen MR) is 175 cm³/mol. The molecule has 0 aliphatic carbocycles. The van der Waals surface area contributed by atoms with Crippen LogP contribution in [0.1, 0.15) is 49.3 Å². The molecule has 1 unspecified atom stereocenters. The number of likely N-dealkylation sites (tertiary alicyclic amines) is 1. The number of rotatable bonds is 10. The summed E-state index contributed by atoms with van der Waals surface area (Å²) in [5, 5.41) is 0. The Morgan fingerprint density at radius 2 is 1.44 bits per heavy atom. The highest BCUT2D eigenvalue weighted by Crippen LogP contribution is 2.43. The number of hydrogen-bond donors (Lipinski definition) is 0. The third-order valence-corrected chi connectivity index (χ3v) is 8.94. The van der Waals surface area contributed by atoms with Crippen molar-refractivity contribution in [3.63, 3.8) is 0 Å². The quantitative estimate of drug-likeness (QED) is 0.236. The summed E-state index contributed by atoms with van der Waals surface area (Å²) < 4.78 is 0. The second-order valence-corrected chi connectivity index (χ2v) is 12.7. The molecular formula is C38H47N3. The molecule has 2 heterocycles. The van der Waals surface area contributed by atoms with Crippen molar-refractivity contribution in [2.45, 2.75) is 52.5 Å². The summed E-state index contributed by atoms with van der Waals surface area (Å²) in [6.07, 6.45) is 5.58. The first-order valence-electron chi connectivity index (χ1n) is 15.2. The molecule has 2 saturated heterocycles. The van der Waals surface area contributed by atoms with Crippen LogP contribution in [0.3, 0.4) is 0 Å². The van der Waals surface area contributed by atoms with Crippen LogP contribution in [0.25, 0.3) is 0 Å². The Labute approximate surface area is 248 Å². The molecule has 0 aromatic heterocycles. The van der Waals surface area contributed by atoms with Crippen LogP contribution in [-0.4, -0.2) is 36.0 Å². The monoisotopic (exact) mass is 545 g/mol. The highest BCUT2D eigenvalue weighted by molar-refractivity contribution is 5.52. The Hall–Kier alpha value is -3.72. The normalized spacial score (nSPS) is 19.9. The number of allylic oxidation sites excluding steroid dienone is 2. The van der Waals surface area contributed by atoms with Gasteiger partial charge in [-0.3, -0.25) is 0 Å². The topological polar surface area (TPSA) is 9.72 Å². The largest absolute Gasteiger partial charge is 0.375 e. The fraction of sp³-hybridized carbons (Fsp3) is 0.368.